The van der Waals surface area contributed by atoms with Gasteiger partial charge in [-0.2, -0.15) is 0 Å². The quantitative estimate of drug-likeness (QED) is 0.506. The van der Waals surface area contributed by atoms with Crippen LogP contribution in [0.15, 0.2) is 47.5 Å². The van der Waals surface area contributed by atoms with Gasteiger partial charge in [0.1, 0.15) is 0 Å². The van der Waals surface area contributed by atoms with Crippen molar-refractivity contribution in [2.75, 3.05) is 11.6 Å². The third-order valence-corrected chi connectivity index (χ3v) is 4.09. The van der Waals surface area contributed by atoms with Gasteiger partial charge in [-0.1, -0.05) is 23.7 Å². The number of benzene rings is 1. The van der Waals surface area contributed by atoms with Crippen LogP contribution in [-0.4, -0.2) is 29.2 Å². The van der Waals surface area contributed by atoms with Gasteiger partial charge >= 0.3 is 5.97 Å². The van der Waals surface area contributed by atoms with E-state index in [1.807, 2.05) is 18.4 Å². The maximum atomic E-state index is 12.2. The first-order valence-electron chi connectivity index (χ1n) is 6.78. The maximum Gasteiger partial charge on any atom is 0.340 e. The summed E-state index contributed by atoms with van der Waals surface area (Å²) in [5.41, 5.74) is 0.797. The fraction of sp³-hybridized carbons (Fsp3) is 0.188. The molecule has 5 nitrogen and oxygen atoms in total. The second kappa shape index (κ2) is 7.99. The van der Waals surface area contributed by atoms with Gasteiger partial charge in [0.15, 0.2) is 11.3 Å². The molecule has 0 aliphatic carbocycles. The van der Waals surface area contributed by atoms with Crippen molar-refractivity contribution in [2.45, 2.75) is 17.9 Å². The average molecular weight is 351 g/mol. The number of amides is 1. The van der Waals surface area contributed by atoms with Crippen LogP contribution in [-0.2, 0) is 9.53 Å². The zero-order chi connectivity index (χ0) is 16.8. The molecule has 1 aromatic heterocycles. The predicted molar refractivity (Wildman–Crippen MR) is 91.0 cm³/mol. The topological polar surface area (TPSA) is 68.3 Å². The largest absolute Gasteiger partial charge is 0.449 e. The van der Waals surface area contributed by atoms with E-state index in [0.717, 1.165) is 4.90 Å². The zero-order valence-electron chi connectivity index (χ0n) is 12.6. The molecule has 0 bridgehead atoms. The van der Waals surface area contributed by atoms with E-state index < -0.39 is 18.0 Å². The molecule has 0 saturated carbocycles. The molecule has 120 valence electrons. The number of carbonyl (C=O) groups is 2. The number of esters is 1. The Morgan fingerprint density at radius 3 is 2.70 bits per heavy atom. The van der Waals surface area contributed by atoms with Gasteiger partial charge in [-0.15, -0.1) is 11.8 Å². The molecule has 0 saturated heterocycles. The van der Waals surface area contributed by atoms with Gasteiger partial charge in [-0.25, -0.2) is 9.78 Å². The summed E-state index contributed by atoms with van der Waals surface area (Å²) >= 11 is 7.31. The number of carbonyl (C=O) groups excluding carboxylic acids is 2. The van der Waals surface area contributed by atoms with Crippen molar-refractivity contribution in [2.24, 2.45) is 0 Å². The van der Waals surface area contributed by atoms with E-state index in [9.17, 15) is 9.59 Å². The van der Waals surface area contributed by atoms with Crippen LogP contribution >= 0.6 is 23.4 Å². The number of ether oxygens (including phenoxy) is 1. The Hall–Kier alpha value is -2.05. The summed E-state index contributed by atoms with van der Waals surface area (Å²) in [6.07, 6.45) is 2.42. The van der Waals surface area contributed by atoms with E-state index in [-0.39, 0.29) is 5.15 Å². The molecular weight excluding hydrogens is 336 g/mol. The number of nitrogens with zero attached hydrogens (tertiary/aromatic N) is 1. The molecule has 23 heavy (non-hydrogen) atoms. The standard InChI is InChI=1S/C16H15ClN2O3S/c1-10(15(20)19-12-7-5-9-18-14(12)17)22-16(21)11-6-3-4-8-13(11)23-2/h3-10H,1-2H3,(H,19,20)/t10-/m0/s1. The molecule has 1 amide bonds. The van der Waals surface area contributed by atoms with Gasteiger partial charge in [0.05, 0.1) is 11.3 Å². The Labute approximate surface area is 143 Å². The second-order valence-corrected chi connectivity index (χ2v) is 5.78. The summed E-state index contributed by atoms with van der Waals surface area (Å²) in [7, 11) is 0. The van der Waals surface area contributed by atoms with E-state index in [4.69, 9.17) is 16.3 Å². The van der Waals surface area contributed by atoms with Crippen LogP contribution in [0, 0.1) is 0 Å². The zero-order valence-corrected chi connectivity index (χ0v) is 14.1. The molecule has 0 unspecified atom stereocenters. The number of rotatable bonds is 5. The van der Waals surface area contributed by atoms with Crippen LogP contribution in [0.1, 0.15) is 17.3 Å². The Morgan fingerprint density at radius 2 is 2.00 bits per heavy atom. The molecule has 1 heterocycles. The fourth-order valence-corrected chi connectivity index (χ4v) is 2.56. The number of hydrogen-bond donors (Lipinski definition) is 1. The van der Waals surface area contributed by atoms with Crippen molar-refractivity contribution in [1.29, 1.82) is 0 Å². The molecule has 1 atom stereocenters. The van der Waals surface area contributed by atoms with Crippen molar-refractivity contribution >= 4 is 40.9 Å². The lowest BCUT2D eigenvalue weighted by Crippen LogP contribution is -2.30. The molecule has 2 rings (SSSR count). The lowest BCUT2D eigenvalue weighted by molar-refractivity contribution is -0.123. The van der Waals surface area contributed by atoms with Crippen LogP contribution < -0.4 is 5.32 Å². The van der Waals surface area contributed by atoms with E-state index in [1.165, 1.54) is 24.9 Å². The first-order chi connectivity index (χ1) is 11.0. The highest BCUT2D eigenvalue weighted by Crippen LogP contribution is 2.21. The van der Waals surface area contributed by atoms with Gasteiger partial charge < -0.3 is 10.1 Å². The molecular formula is C16H15ClN2O3S. The van der Waals surface area contributed by atoms with Crippen LogP contribution in [0.5, 0.6) is 0 Å². The number of pyridine rings is 1. The smallest absolute Gasteiger partial charge is 0.340 e. The average Bonchev–Trinajstić information content (AvgIpc) is 2.56. The number of anilines is 1. The highest BCUT2D eigenvalue weighted by Gasteiger charge is 2.21. The number of aromatic nitrogens is 1. The van der Waals surface area contributed by atoms with Crippen molar-refractivity contribution < 1.29 is 14.3 Å². The lowest BCUT2D eigenvalue weighted by atomic mass is 10.2. The lowest BCUT2D eigenvalue weighted by Gasteiger charge is -2.15. The molecule has 0 aliphatic rings. The van der Waals surface area contributed by atoms with E-state index in [1.54, 1.807) is 24.3 Å². The minimum atomic E-state index is -0.964. The Morgan fingerprint density at radius 1 is 1.26 bits per heavy atom. The second-order valence-electron chi connectivity index (χ2n) is 4.58. The fourth-order valence-electron chi connectivity index (χ4n) is 1.80. The minimum absolute atomic E-state index is 0.173. The Balaban J connectivity index is 2.03. The maximum absolute atomic E-state index is 12.2. The first-order valence-corrected chi connectivity index (χ1v) is 8.38. The molecule has 1 aromatic carbocycles. The predicted octanol–water partition coefficient (Wildman–Crippen LogP) is 3.64. The third-order valence-electron chi connectivity index (χ3n) is 3.00. The molecule has 1 N–H and O–H groups in total. The summed E-state index contributed by atoms with van der Waals surface area (Å²) < 4.78 is 5.22. The third kappa shape index (κ3) is 4.46. The molecule has 0 spiro atoms. The molecule has 7 heteroatoms. The summed E-state index contributed by atoms with van der Waals surface area (Å²) in [5.74, 6) is -1.02. The van der Waals surface area contributed by atoms with Crippen molar-refractivity contribution in [3.05, 3.63) is 53.3 Å². The monoisotopic (exact) mass is 350 g/mol. The minimum Gasteiger partial charge on any atom is -0.449 e. The number of nitrogens with one attached hydrogen (secondary N) is 1. The van der Waals surface area contributed by atoms with Gasteiger partial charge in [0.2, 0.25) is 0 Å². The highest BCUT2D eigenvalue weighted by atomic mass is 35.5. The summed E-state index contributed by atoms with van der Waals surface area (Å²) in [4.78, 5) is 29.0. The van der Waals surface area contributed by atoms with Crippen molar-refractivity contribution in [3.63, 3.8) is 0 Å². The van der Waals surface area contributed by atoms with E-state index in [0.29, 0.717) is 11.3 Å². The summed E-state index contributed by atoms with van der Waals surface area (Å²) in [6.45, 7) is 1.50. The summed E-state index contributed by atoms with van der Waals surface area (Å²) in [5, 5.41) is 2.75. The number of halogens is 1. The van der Waals surface area contributed by atoms with Crippen LogP contribution in [0.2, 0.25) is 5.15 Å². The van der Waals surface area contributed by atoms with E-state index >= 15 is 0 Å². The number of thioether (sulfide) groups is 1. The van der Waals surface area contributed by atoms with Gasteiger partial charge in [0, 0.05) is 11.1 Å². The highest BCUT2D eigenvalue weighted by molar-refractivity contribution is 7.98. The summed E-state index contributed by atoms with van der Waals surface area (Å²) in [6, 6.07) is 10.3. The Kier molecular flexibility index (Phi) is 6.01. The van der Waals surface area contributed by atoms with E-state index in [2.05, 4.69) is 10.3 Å². The van der Waals surface area contributed by atoms with Gasteiger partial charge in [-0.3, -0.25) is 4.79 Å². The molecule has 0 fully saturated rings. The Bertz CT molecular complexity index is 724. The van der Waals surface area contributed by atoms with Crippen LogP contribution in [0.25, 0.3) is 0 Å². The van der Waals surface area contributed by atoms with Gasteiger partial charge in [-0.05, 0) is 37.4 Å². The van der Waals surface area contributed by atoms with Crippen LogP contribution in [0.4, 0.5) is 5.69 Å². The first kappa shape index (κ1) is 17.3. The number of hydrogen-bond acceptors (Lipinski definition) is 5. The molecule has 0 aliphatic heterocycles. The molecule has 0 radical (unpaired) electrons. The SMILES string of the molecule is CSc1ccccc1C(=O)O[C@@H](C)C(=O)Nc1cccnc1Cl. The molecule has 2 aromatic rings. The van der Waals surface area contributed by atoms with Crippen LogP contribution in [0.3, 0.4) is 0 Å². The normalized spacial score (nSPS) is 11.6. The van der Waals surface area contributed by atoms with Crippen molar-refractivity contribution in [3.8, 4) is 0 Å². The van der Waals surface area contributed by atoms with Crippen molar-refractivity contribution in [1.82, 2.24) is 4.98 Å². The van der Waals surface area contributed by atoms with Gasteiger partial charge in [0.25, 0.3) is 5.91 Å².